The molecule has 1 amide bonds. The minimum absolute atomic E-state index is 0.0358. The maximum absolute atomic E-state index is 11.6. The van der Waals surface area contributed by atoms with Crippen molar-refractivity contribution in [3.63, 3.8) is 0 Å². The van der Waals surface area contributed by atoms with Crippen LogP contribution in [-0.2, 0) is 4.79 Å². The van der Waals surface area contributed by atoms with Gasteiger partial charge in [-0.25, -0.2) is 4.79 Å². The molecule has 5 nitrogen and oxygen atoms in total. The number of hydrogen-bond donors (Lipinski definition) is 2. The van der Waals surface area contributed by atoms with Crippen LogP contribution in [0.4, 0.5) is 5.69 Å². The zero-order chi connectivity index (χ0) is 12.4. The fraction of sp³-hybridized carbons (Fsp3) is 0.333. The standard InChI is InChI=1S/C12H13NO4/c1-17-10-6-8(12(15)16)4-5-9(10)13-11(14)7-2-3-7/h4-7H,2-3H2,1H3,(H,13,14)(H,15,16). The van der Waals surface area contributed by atoms with Gasteiger partial charge in [0.05, 0.1) is 18.4 Å². The normalized spacial score (nSPS) is 14.2. The van der Waals surface area contributed by atoms with Crippen LogP contribution in [0.25, 0.3) is 0 Å². The first-order valence-electron chi connectivity index (χ1n) is 5.34. The highest BCUT2D eigenvalue weighted by Gasteiger charge is 2.30. The smallest absolute Gasteiger partial charge is 0.335 e. The van der Waals surface area contributed by atoms with Gasteiger partial charge in [-0.15, -0.1) is 0 Å². The minimum atomic E-state index is -1.02. The molecule has 2 N–H and O–H groups in total. The summed E-state index contributed by atoms with van der Waals surface area (Å²) in [7, 11) is 1.44. The van der Waals surface area contributed by atoms with Crippen molar-refractivity contribution in [1.29, 1.82) is 0 Å². The van der Waals surface area contributed by atoms with Crippen LogP contribution in [0.2, 0.25) is 0 Å². The molecule has 0 aromatic heterocycles. The Balaban J connectivity index is 2.20. The van der Waals surface area contributed by atoms with Gasteiger partial charge in [-0.05, 0) is 31.0 Å². The van der Waals surface area contributed by atoms with E-state index in [4.69, 9.17) is 9.84 Å². The lowest BCUT2D eigenvalue weighted by Gasteiger charge is -2.10. The number of benzene rings is 1. The second kappa shape index (κ2) is 4.45. The van der Waals surface area contributed by atoms with Gasteiger partial charge in [-0.1, -0.05) is 0 Å². The summed E-state index contributed by atoms with van der Waals surface area (Å²) in [6.45, 7) is 0. The van der Waals surface area contributed by atoms with Gasteiger partial charge in [0.1, 0.15) is 5.75 Å². The molecule has 5 heteroatoms. The number of carbonyl (C=O) groups excluding carboxylic acids is 1. The van der Waals surface area contributed by atoms with Gasteiger partial charge in [0.25, 0.3) is 0 Å². The van der Waals surface area contributed by atoms with Crippen molar-refractivity contribution < 1.29 is 19.4 Å². The molecule has 0 spiro atoms. The van der Waals surface area contributed by atoms with Crippen LogP contribution in [0.1, 0.15) is 23.2 Å². The van der Waals surface area contributed by atoms with Gasteiger partial charge in [0.15, 0.2) is 0 Å². The van der Waals surface area contributed by atoms with Crippen LogP contribution < -0.4 is 10.1 Å². The molecule has 1 saturated carbocycles. The molecule has 1 fully saturated rings. The number of aromatic carboxylic acids is 1. The van der Waals surface area contributed by atoms with E-state index in [9.17, 15) is 9.59 Å². The summed E-state index contributed by atoms with van der Waals surface area (Å²) >= 11 is 0. The first kappa shape index (κ1) is 11.4. The Bertz CT molecular complexity index is 466. The van der Waals surface area contributed by atoms with Crippen LogP contribution in [0.5, 0.6) is 5.75 Å². The molecule has 1 aromatic carbocycles. The molecule has 1 aliphatic rings. The monoisotopic (exact) mass is 235 g/mol. The Morgan fingerprint density at radius 1 is 1.41 bits per heavy atom. The number of methoxy groups -OCH3 is 1. The van der Waals surface area contributed by atoms with Gasteiger partial charge in [-0.3, -0.25) is 4.79 Å². The maximum Gasteiger partial charge on any atom is 0.335 e. The second-order valence-corrected chi connectivity index (χ2v) is 3.98. The van der Waals surface area contributed by atoms with E-state index in [1.807, 2.05) is 0 Å². The first-order chi connectivity index (χ1) is 8.11. The fourth-order valence-electron chi connectivity index (χ4n) is 1.51. The fourth-order valence-corrected chi connectivity index (χ4v) is 1.51. The maximum atomic E-state index is 11.6. The number of ether oxygens (including phenoxy) is 1. The van der Waals surface area contributed by atoms with Crippen molar-refractivity contribution in [3.05, 3.63) is 23.8 Å². The van der Waals surface area contributed by atoms with Crippen molar-refractivity contribution in [1.82, 2.24) is 0 Å². The van der Waals surface area contributed by atoms with Gasteiger partial charge in [0.2, 0.25) is 5.91 Å². The molecular formula is C12H13NO4. The average Bonchev–Trinajstić information content (AvgIpc) is 3.13. The molecule has 0 bridgehead atoms. The number of amides is 1. The third-order valence-corrected chi connectivity index (χ3v) is 2.65. The SMILES string of the molecule is COc1cc(C(=O)O)ccc1NC(=O)C1CC1. The Morgan fingerprint density at radius 2 is 2.12 bits per heavy atom. The zero-order valence-corrected chi connectivity index (χ0v) is 9.40. The van der Waals surface area contributed by atoms with Crippen molar-refractivity contribution >= 4 is 17.6 Å². The van der Waals surface area contributed by atoms with Crippen molar-refractivity contribution in [2.24, 2.45) is 5.92 Å². The largest absolute Gasteiger partial charge is 0.495 e. The van der Waals surface area contributed by atoms with Gasteiger partial charge < -0.3 is 15.2 Å². The lowest BCUT2D eigenvalue weighted by molar-refractivity contribution is -0.117. The molecule has 17 heavy (non-hydrogen) atoms. The van der Waals surface area contributed by atoms with E-state index in [2.05, 4.69) is 5.32 Å². The number of carboxylic acids is 1. The van der Waals surface area contributed by atoms with E-state index in [1.165, 1.54) is 19.2 Å². The molecule has 0 heterocycles. The third kappa shape index (κ3) is 2.55. The van der Waals surface area contributed by atoms with Crippen LogP contribution in [0.3, 0.4) is 0 Å². The number of anilines is 1. The van der Waals surface area contributed by atoms with E-state index < -0.39 is 5.97 Å². The molecule has 0 unspecified atom stereocenters. The Hall–Kier alpha value is -2.04. The number of hydrogen-bond acceptors (Lipinski definition) is 3. The molecule has 1 aromatic rings. The summed E-state index contributed by atoms with van der Waals surface area (Å²) in [5.41, 5.74) is 0.640. The quantitative estimate of drug-likeness (QED) is 0.833. The van der Waals surface area contributed by atoms with E-state index in [0.29, 0.717) is 11.4 Å². The summed E-state index contributed by atoms with van der Waals surface area (Å²) in [5, 5.41) is 11.6. The number of rotatable bonds is 4. The van der Waals surface area contributed by atoms with Crippen LogP contribution in [-0.4, -0.2) is 24.1 Å². The first-order valence-corrected chi connectivity index (χ1v) is 5.34. The predicted octanol–water partition coefficient (Wildman–Crippen LogP) is 1.74. The topological polar surface area (TPSA) is 75.6 Å². The second-order valence-electron chi connectivity index (χ2n) is 3.98. The molecule has 0 radical (unpaired) electrons. The molecule has 90 valence electrons. The minimum Gasteiger partial charge on any atom is -0.495 e. The average molecular weight is 235 g/mol. The van der Waals surface area contributed by atoms with Gasteiger partial charge in [0, 0.05) is 5.92 Å². The van der Waals surface area contributed by atoms with Crippen LogP contribution in [0.15, 0.2) is 18.2 Å². The molecule has 0 aliphatic heterocycles. The highest BCUT2D eigenvalue weighted by molar-refractivity contribution is 5.96. The lowest BCUT2D eigenvalue weighted by Crippen LogP contribution is -2.14. The Kier molecular flexibility index (Phi) is 2.99. The molecule has 0 atom stereocenters. The van der Waals surface area contributed by atoms with E-state index >= 15 is 0 Å². The Morgan fingerprint density at radius 3 is 2.65 bits per heavy atom. The van der Waals surface area contributed by atoms with E-state index in [0.717, 1.165) is 12.8 Å². The zero-order valence-electron chi connectivity index (χ0n) is 9.40. The van der Waals surface area contributed by atoms with Gasteiger partial charge in [-0.2, -0.15) is 0 Å². The van der Waals surface area contributed by atoms with Crippen molar-refractivity contribution in [2.75, 3.05) is 12.4 Å². The van der Waals surface area contributed by atoms with E-state index in [1.54, 1.807) is 6.07 Å². The summed E-state index contributed by atoms with van der Waals surface area (Å²) in [5.74, 6) is -0.604. The molecule has 1 aliphatic carbocycles. The highest BCUT2D eigenvalue weighted by atomic mass is 16.5. The summed E-state index contributed by atoms with van der Waals surface area (Å²) in [6, 6.07) is 4.38. The van der Waals surface area contributed by atoms with Crippen molar-refractivity contribution in [3.8, 4) is 5.75 Å². The van der Waals surface area contributed by atoms with Crippen LogP contribution >= 0.6 is 0 Å². The van der Waals surface area contributed by atoms with Crippen LogP contribution in [0, 0.1) is 5.92 Å². The molecular weight excluding hydrogens is 222 g/mol. The molecule has 0 saturated heterocycles. The molecule has 2 rings (SSSR count). The summed E-state index contributed by atoms with van der Waals surface area (Å²) < 4.78 is 5.06. The van der Waals surface area contributed by atoms with Gasteiger partial charge >= 0.3 is 5.97 Å². The third-order valence-electron chi connectivity index (χ3n) is 2.65. The summed E-state index contributed by atoms with van der Waals surface area (Å²) in [4.78, 5) is 22.4. The summed E-state index contributed by atoms with van der Waals surface area (Å²) in [6.07, 6.45) is 1.84. The van der Waals surface area contributed by atoms with E-state index in [-0.39, 0.29) is 17.4 Å². The number of carboxylic acid groups (broad SMARTS) is 1. The Labute approximate surface area is 98.4 Å². The lowest BCUT2D eigenvalue weighted by atomic mass is 10.2. The highest BCUT2D eigenvalue weighted by Crippen LogP contribution is 2.32. The number of carbonyl (C=O) groups is 2. The number of nitrogens with one attached hydrogen (secondary N) is 1. The predicted molar refractivity (Wildman–Crippen MR) is 61.3 cm³/mol. The van der Waals surface area contributed by atoms with Crippen molar-refractivity contribution in [2.45, 2.75) is 12.8 Å².